The van der Waals surface area contributed by atoms with E-state index in [2.05, 4.69) is 50.7 Å². The molecule has 0 radical (unpaired) electrons. The molecule has 5 rings (SSSR count). The number of nitrogens with one attached hydrogen (secondary N) is 2. The van der Waals surface area contributed by atoms with Gasteiger partial charge in [0.2, 0.25) is 0 Å². The highest BCUT2D eigenvalue weighted by Crippen LogP contribution is 2.53. The number of Topliss-reactive ketones (excluding diaryl/α,β-unsaturated/α-hetero) is 2. The van der Waals surface area contributed by atoms with E-state index in [1.165, 1.54) is 5.56 Å². The first-order chi connectivity index (χ1) is 14.7. The summed E-state index contributed by atoms with van der Waals surface area (Å²) < 4.78 is 6.41. The molecule has 1 saturated heterocycles. The topological polar surface area (TPSA) is 67.4 Å². The van der Waals surface area contributed by atoms with Gasteiger partial charge in [0.05, 0.1) is 6.04 Å². The predicted octanol–water partition coefficient (Wildman–Crippen LogP) is 4.38. The van der Waals surface area contributed by atoms with Crippen molar-refractivity contribution in [3.05, 3.63) is 58.6 Å². The SMILES string of the molecule is CC1(C)CC(=O)C2=C(C1)OC1=C(C(=O)CC(C)(C)C1)C2C1CNNC1c1ccccc1. The van der Waals surface area contributed by atoms with Crippen molar-refractivity contribution < 1.29 is 14.3 Å². The fourth-order valence-electron chi connectivity index (χ4n) is 5.97. The third kappa shape index (κ3) is 3.58. The first-order valence-electron chi connectivity index (χ1n) is 11.4. The summed E-state index contributed by atoms with van der Waals surface area (Å²) in [5, 5.41) is 0. The number of carbonyl (C=O) groups is 2. The van der Waals surface area contributed by atoms with E-state index in [1.807, 2.05) is 18.2 Å². The van der Waals surface area contributed by atoms with Crippen molar-refractivity contribution >= 4 is 11.6 Å². The van der Waals surface area contributed by atoms with Crippen LogP contribution in [0.3, 0.4) is 0 Å². The maximum absolute atomic E-state index is 13.5. The Morgan fingerprint density at radius 2 is 1.39 bits per heavy atom. The molecule has 0 amide bonds. The second kappa shape index (κ2) is 7.14. The molecule has 1 fully saturated rings. The zero-order chi connectivity index (χ0) is 22.0. The Kier molecular flexibility index (Phi) is 4.76. The molecule has 164 valence electrons. The molecular formula is C26H32N2O3. The van der Waals surface area contributed by atoms with E-state index in [-0.39, 0.29) is 40.3 Å². The molecular weight excluding hydrogens is 388 g/mol. The zero-order valence-corrected chi connectivity index (χ0v) is 18.9. The first kappa shape index (κ1) is 20.7. The van der Waals surface area contributed by atoms with Gasteiger partial charge in [0.25, 0.3) is 0 Å². The molecule has 31 heavy (non-hydrogen) atoms. The van der Waals surface area contributed by atoms with Crippen molar-refractivity contribution in [3.63, 3.8) is 0 Å². The molecule has 2 N–H and O–H groups in total. The third-order valence-corrected chi connectivity index (χ3v) is 7.24. The Balaban J connectivity index is 1.64. The number of rotatable bonds is 2. The molecule has 2 aliphatic heterocycles. The molecule has 0 spiro atoms. The maximum atomic E-state index is 13.5. The average molecular weight is 421 g/mol. The summed E-state index contributed by atoms with van der Waals surface area (Å²) >= 11 is 0. The van der Waals surface area contributed by atoms with E-state index in [0.29, 0.717) is 19.4 Å². The molecule has 5 nitrogen and oxygen atoms in total. The number of allylic oxidation sites excluding steroid dienone is 4. The lowest BCUT2D eigenvalue weighted by Gasteiger charge is -2.44. The summed E-state index contributed by atoms with van der Waals surface area (Å²) in [6.07, 6.45) is 2.47. The molecule has 0 bridgehead atoms. The van der Waals surface area contributed by atoms with E-state index in [1.54, 1.807) is 0 Å². The first-order valence-corrected chi connectivity index (χ1v) is 11.4. The number of hydrazine groups is 1. The van der Waals surface area contributed by atoms with Crippen molar-refractivity contribution in [3.8, 4) is 0 Å². The largest absolute Gasteiger partial charge is 0.465 e. The van der Waals surface area contributed by atoms with E-state index >= 15 is 0 Å². The van der Waals surface area contributed by atoms with Crippen LogP contribution in [0.25, 0.3) is 0 Å². The smallest absolute Gasteiger partial charge is 0.163 e. The minimum absolute atomic E-state index is 0.0253. The number of ether oxygens (including phenoxy) is 1. The number of benzene rings is 1. The molecule has 2 aliphatic carbocycles. The van der Waals surface area contributed by atoms with Crippen LogP contribution >= 0.6 is 0 Å². The summed E-state index contributed by atoms with van der Waals surface area (Å²) in [5.41, 5.74) is 9.15. The van der Waals surface area contributed by atoms with Gasteiger partial charge in [0.15, 0.2) is 11.6 Å². The fourth-order valence-corrected chi connectivity index (χ4v) is 5.97. The molecule has 5 heteroatoms. The van der Waals surface area contributed by atoms with Gasteiger partial charge in [-0.25, -0.2) is 5.43 Å². The van der Waals surface area contributed by atoms with Crippen molar-refractivity contribution in [1.82, 2.24) is 10.9 Å². The Hall–Kier alpha value is -2.24. The maximum Gasteiger partial charge on any atom is 0.163 e. The van der Waals surface area contributed by atoms with Gasteiger partial charge >= 0.3 is 0 Å². The molecule has 4 aliphatic rings. The standard InChI is InChI=1S/C26H32N2O3/c1-25(2)10-17(29)22-19(12-25)31-20-13-26(3,4)11-18(30)23(20)21(22)16-14-27-28-24(16)15-8-6-5-7-9-15/h5-9,16,21,24,27-28H,10-14H2,1-4H3. The highest BCUT2D eigenvalue weighted by molar-refractivity contribution is 6.04. The van der Waals surface area contributed by atoms with Crippen molar-refractivity contribution in [2.75, 3.05) is 6.54 Å². The van der Waals surface area contributed by atoms with Crippen molar-refractivity contribution in [1.29, 1.82) is 0 Å². The normalized spacial score (nSPS) is 30.2. The van der Waals surface area contributed by atoms with Gasteiger partial charge in [-0.2, -0.15) is 0 Å². The van der Waals surface area contributed by atoms with Gasteiger partial charge in [-0.05, 0) is 16.4 Å². The van der Waals surface area contributed by atoms with Gasteiger partial charge in [-0.3, -0.25) is 15.0 Å². The van der Waals surface area contributed by atoms with Gasteiger partial charge in [-0.1, -0.05) is 58.0 Å². The van der Waals surface area contributed by atoms with E-state index in [0.717, 1.165) is 35.5 Å². The summed E-state index contributed by atoms with van der Waals surface area (Å²) in [5.74, 6) is 1.72. The Bertz CT molecular complexity index is 951. The highest BCUT2D eigenvalue weighted by Gasteiger charge is 2.51. The lowest BCUT2D eigenvalue weighted by molar-refractivity contribution is -0.121. The van der Waals surface area contributed by atoms with Crippen LogP contribution in [0.4, 0.5) is 0 Å². The van der Waals surface area contributed by atoms with Crippen LogP contribution in [0.15, 0.2) is 53.0 Å². The van der Waals surface area contributed by atoms with Crippen LogP contribution in [-0.4, -0.2) is 18.1 Å². The van der Waals surface area contributed by atoms with Crippen LogP contribution in [0.1, 0.15) is 65.0 Å². The highest BCUT2D eigenvalue weighted by atomic mass is 16.5. The molecule has 2 heterocycles. The van der Waals surface area contributed by atoms with Crippen LogP contribution in [0, 0.1) is 22.7 Å². The van der Waals surface area contributed by atoms with Crippen LogP contribution in [0.5, 0.6) is 0 Å². The lowest BCUT2D eigenvalue weighted by Crippen LogP contribution is -2.42. The van der Waals surface area contributed by atoms with Crippen LogP contribution in [0.2, 0.25) is 0 Å². The van der Waals surface area contributed by atoms with Crippen molar-refractivity contribution in [2.45, 2.75) is 59.4 Å². The zero-order valence-electron chi connectivity index (χ0n) is 18.9. The van der Waals surface area contributed by atoms with Crippen LogP contribution < -0.4 is 10.9 Å². The Morgan fingerprint density at radius 1 is 0.839 bits per heavy atom. The average Bonchev–Trinajstić information content (AvgIpc) is 3.14. The number of ketones is 2. The monoisotopic (exact) mass is 420 g/mol. The molecule has 1 aromatic rings. The summed E-state index contributed by atoms with van der Waals surface area (Å²) in [4.78, 5) is 26.9. The predicted molar refractivity (Wildman–Crippen MR) is 118 cm³/mol. The lowest BCUT2D eigenvalue weighted by atomic mass is 9.63. The molecule has 1 aromatic carbocycles. The van der Waals surface area contributed by atoms with Gasteiger partial charge in [0, 0.05) is 55.2 Å². The van der Waals surface area contributed by atoms with E-state index < -0.39 is 0 Å². The van der Waals surface area contributed by atoms with Gasteiger partial charge in [-0.15, -0.1) is 0 Å². The minimum Gasteiger partial charge on any atom is -0.465 e. The molecule has 2 unspecified atom stereocenters. The van der Waals surface area contributed by atoms with Gasteiger partial charge < -0.3 is 4.74 Å². The number of hydrogen-bond donors (Lipinski definition) is 2. The Labute approximate surface area is 184 Å². The summed E-state index contributed by atoms with van der Waals surface area (Å²) in [6.45, 7) is 9.19. The molecule has 0 saturated carbocycles. The minimum atomic E-state index is -0.223. The molecule has 0 aromatic heterocycles. The second-order valence-electron chi connectivity index (χ2n) is 11.2. The van der Waals surface area contributed by atoms with Crippen molar-refractivity contribution in [2.24, 2.45) is 22.7 Å². The number of hydrogen-bond acceptors (Lipinski definition) is 5. The molecule has 2 atom stereocenters. The van der Waals surface area contributed by atoms with E-state index in [4.69, 9.17) is 4.74 Å². The summed E-state index contributed by atoms with van der Waals surface area (Å²) in [6, 6.07) is 10.3. The quantitative estimate of drug-likeness (QED) is 0.743. The Morgan fingerprint density at radius 3 is 1.94 bits per heavy atom. The third-order valence-electron chi connectivity index (χ3n) is 7.24. The second-order valence-corrected chi connectivity index (χ2v) is 11.2. The summed E-state index contributed by atoms with van der Waals surface area (Å²) in [7, 11) is 0. The van der Waals surface area contributed by atoms with E-state index in [9.17, 15) is 9.59 Å². The fraction of sp³-hybridized carbons (Fsp3) is 0.538. The number of carbonyl (C=O) groups excluding carboxylic acids is 2. The van der Waals surface area contributed by atoms with Crippen LogP contribution in [-0.2, 0) is 14.3 Å². The van der Waals surface area contributed by atoms with Gasteiger partial charge in [0.1, 0.15) is 11.5 Å².